The van der Waals surface area contributed by atoms with Gasteiger partial charge in [0.05, 0.1) is 0 Å². The number of nitrogens with one attached hydrogen (secondary N) is 1. The molecule has 0 saturated carbocycles. The Morgan fingerprint density at radius 2 is 1.86 bits per heavy atom. The van der Waals surface area contributed by atoms with E-state index in [-0.39, 0.29) is 6.04 Å². The first-order valence-corrected chi connectivity index (χ1v) is 7.74. The number of halogens is 3. The van der Waals surface area contributed by atoms with Gasteiger partial charge in [-0.2, -0.15) is 0 Å². The third kappa shape index (κ3) is 4.11. The molecule has 4 heteroatoms. The summed E-state index contributed by atoms with van der Waals surface area (Å²) < 4.78 is 27.4. The van der Waals surface area contributed by atoms with Gasteiger partial charge in [-0.3, -0.25) is 0 Å². The summed E-state index contributed by atoms with van der Waals surface area (Å²) in [6.07, 6.45) is 0.604. The summed E-state index contributed by atoms with van der Waals surface area (Å²) in [6.45, 7) is 4.87. The maximum Gasteiger partial charge on any atom is 0.159 e. The molecule has 0 radical (unpaired) electrons. The van der Waals surface area contributed by atoms with E-state index in [1.807, 2.05) is 26.0 Å². The minimum atomic E-state index is -0.810. The number of likely N-dealkylation sites (N-methyl/N-ethyl adjacent to an activating group) is 1. The third-order valence-corrected chi connectivity index (χ3v) is 4.12. The molecule has 21 heavy (non-hydrogen) atoms. The molecule has 2 rings (SSSR count). The van der Waals surface area contributed by atoms with Gasteiger partial charge in [0, 0.05) is 10.5 Å². The molecule has 2 aromatic carbocycles. The van der Waals surface area contributed by atoms with E-state index in [2.05, 4.69) is 27.3 Å². The topological polar surface area (TPSA) is 12.0 Å². The van der Waals surface area contributed by atoms with Crippen LogP contribution >= 0.6 is 15.9 Å². The smallest absolute Gasteiger partial charge is 0.159 e. The van der Waals surface area contributed by atoms with Crippen molar-refractivity contribution in [3.05, 3.63) is 69.2 Å². The Kier molecular flexibility index (Phi) is 5.48. The van der Waals surface area contributed by atoms with Gasteiger partial charge in [-0.25, -0.2) is 8.78 Å². The maximum absolute atomic E-state index is 13.4. The molecule has 2 aromatic rings. The van der Waals surface area contributed by atoms with Crippen LogP contribution in [0.5, 0.6) is 0 Å². The van der Waals surface area contributed by atoms with E-state index in [0.29, 0.717) is 6.42 Å². The summed E-state index contributed by atoms with van der Waals surface area (Å²) in [5.74, 6) is -1.61. The van der Waals surface area contributed by atoms with Crippen LogP contribution < -0.4 is 5.32 Å². The van der Waals surface area contributed by atoms with E-state index in [4.69, 9.17) is 0 Å². The molecular formula is C17H18BrF2N. The lowest BCUT2D eigenvalue weighted by molar-refractivity contribution is 0.502. The zero-order valence-corrected chi connectivity index (χ0v) is 13.7. The van der Waals surface area contributed by atoms with Crippen molar-refractivity contribution in [2.24, 2.45) is 0 Å². The Morgan fingerprint density at radius 3 is 2.52 bits per heavy atom. The monoisotopic (exact) mass is 353 g/mol. The second kappa shape index (κ2) is 7.14. The van der Waals surface area contributed by atoms with Crippen LogP contribution in [0.25, 0.3) is 0 Å². The van der Waals surface area contributed by atoms with Crippen LogP contribution in [0, 0.1) is 18.6 Å². The van der Waals surface area contributed by atoms with Crippen LogP contribution in [0.1, 0.15) is 29.7 Å². The van der Waals surface area contributed by atoms with Gasteiger partial charge in [-0.05, 0) is 49.2 Å². The maximum atomic E-state index is 13.4. The summed E-state index contributed by atoms with van der Waals surface area (Å²) in [6, 6.07) is 10.3. The van der Waals surface area contributed by atoms with Gasteiger partial charge in [-0.1, -0.05) is 46.6 Å². The first-order chi connectivity index (χ1) is 10.0. The second-order valence-electron chi connectivity index (χ2n) is 5.09. The van der Waals surface area contributed by atoms with Crippen molar-refractivity contribution in [2.45, 2.75) is 26.3 Å². The van der Waals surface area contributed by atoms with Crippen molar-refractivity contribution >= 4 is 15.9 Å². The highest BCUT2D eigenvalue weighted by atomic mass is 79.9. The first kappa shape index (κ1) is 16.1. The van der Waals surface area contributed by atoms with E-state index in [1.165, 1.54) is 17.7 Å². The molecule has 0 aliphatic heterocycles. The lowest BCUT2D eigenvalue weighted by Crippen LogP contribution is -2.23. The Bertz CT molecular complexity index is 628. The minimum absolute atomic E-state index is 0.0501. The van der Waals surface area contributed by atoms with E-state index in [1.54, 1.807) is 6.07 Å². The predicted octanol–water partition coefficient (Wildman–Crippen LogP) is 4.93. The molecule has 0 aliphatic rings. The van der Waals surface area contributed by atoms with Gasteiger partial charge < -0.3 is 5.32 Å². The number of aryl methyl sites for hydroxylation is 1. The first-order valence-electron chi connectivity index (χ1n) is 6.94. The van der Waals surface area contributed by atoms with Crippen molar-refractivity contribution in [1.82, 2.24) is 5.32 Å². The van der Waals surface area contributed by atoms with Crippen molar-refractivity contribution < 1.29 is 8.78 Å². The SMILES string of the molecule is CCNC(Cc1ccc(F)c(F)c1)c1cc(C)ccc1Br. The number of hydrogen-bond acceptors (Lipinski definition) is 1. The summed E-state index contributed by atoms with van der Waals surface area (Å²) in [5, 5.41) is 3.40. The predicted molar refractivity (Wildman–Crippen MR) is 85.4 cm³/mol. The van der Waals surface area contributed by atoms with Crippen molar-refractivity contribution in [3.63, 3.8) is 0 Å². The molecular weight excluding hydrogens is 336 g/mol. The quantitative estimate of drug-likeness (QED) is 0.803. The Hall–Kier alpha value is -1.26. The van der Waals surface area contributed by atoms with Crippen LogP contribution in [0.15, 0.2) is 40.9 Å². The van der Waals surface area contributed by atoms with Crippen molar-refractivity contribution in [1.29, 1.82) is 0 Å². The van der Waals surface area contributed by atoms with Gasteiger partial charge in [0.1, 0.15) is 0 Å². The third-order valence-electron chi connectivity index (χ3n) is 3.40. The molecule has 0 fully saturated rings. The molecule has 0 heterocycles. The highest BCUT2D eigenvalue weighted by molar-refractivity contribution is 9.10. The summed E-state index contributed by atoms with van der Waals surface area (Å²) in [5.41, 5.74) is 3.07. The van der Waals surface area contributed by atoms with E-state index >= 15 is 0 Å². The lowest BCUT2D eigenvalue weighted by atomic mass is 9.97. The van der Waals surface area contributed by atoms with Crippen LogP contribution in [0.2, 0.25) is 0 Å². The fourth-order valence-electron chi connectivity index (χ4n) is 2.37. The highest BCUT2D eigenvalue weighted by Crippen LogP contribution is 2.27. The molecule has 1 atom stereocenters. The summed E-state index contributed by atoms with van der Waals surface area (Å²) >= 11 is 3.57. The fourth-order valence-corrected chi connectivity index (χ4v) is 2.89. The molecule has 0 bridgehead atoms. The van der Waals surface area contributed by atoms with E-state index in [9.17, 15) is 8.78 Å². The molecule has 0 aliphatic carbocycles. The van der Waals surface area contributed by atoms with Crippen LogP contribution in [0.4, 0.5) is 8.78 Å². The van der Waals surface area contributed by atoms with Crippen LogP contribution in [-0.2, 0) is 6.42 Å². The molecule has 0 amide bonds. The van der Waals surface area contributed by atoms with Crippen molar-refractivity contribution in [2.75, 3.05) is 6.54 Å². The summed E-state index contributed by atoms with van der Waals surface area (Å²) in [4.78, 5) is 0. The zero-order chi connectivity index (χ0) is 15.4. The van der Waals surface area contributed by atoms with Crippen molar-refractivity contribution in [3.8, 4) is 0 Å². The molecule has 1 nitrogen and oxygen atoms in total. The van der Waals surface area contributed by atoms with Gasteiger partial charge in [0.15, 0.2) is 11.6 Å². The Labute approximate surface area is 132 Å². The average molecular weight is 354 g/mol. The molecule has 0 saturated heterocycles. The Balaban J connectivity index is 2.30. The van der Waals surface area contributed by atoms with Gasteiger partial charge in [0.2, 0.25) is 0 Å². The Morgan fingerprint density at radius 1 is 1.10 bits per heavy atom. The van der Waals surface area contributed by atoms with Gasteiger partial charge >= 0.3 is 0 Å². The van der Waals surface area contributed by atoms with E-state index < -0.39 is 11.6 Å². The highest BCUT2D eigenvalue weighted by Gasteiger charge is 2.15. The average Bonchev–Trinajstić information content (AvgIpc) is 2.45. The largest absolute Gasteiger partial charge is 0.310 e. The van der Waals surface area contributed by atoms with E-state index in [0.717, 1.165) is 22.1 Å². The zero-order valence-electron chi connectivity index (χ0n) is 12.1. The molecule has 0 spiro atoms. The lowest BCUT2D eigenvalue weighted by Gasteiger charge is -2.20. The minimum Gasteiger partial charge on any atom is -0.310 e. The normalized spacial score (nSPS) is 12.4. The van der Waals surface area contributed by atoms with Crippen LogP contribution in [-0.4, -0.2) is 6.54 Å². The number of rotatable bonds is 5. The fraction of sp³-hybridized carbons (Fsp3) is 0.294. The number of benzene rings is 2. The van der Waals surface area contributed by atoms with Gasteiger partial charge in [-0.15, -0.1) is 0 Å². The molecule has 0 aromatic heterocycles. The summed E-state index contributed by atoms with van der Waals surface area (Å²) in [7, 11) is 0. The van der Waals surface area contributed by atoms with Crippen LogP contribution in [0.3, 0.4) is 0 Å². The molecule has 1 unspecified atom stereocenters. The standard InChI is InChI=1S/C17H18BrF2N/c1-3-21-17(13-8-11(2)4-6-14(13)18)10-12-5-7-15(19)16(20)9-12/h4-9,17,21H,3,10H2,1-2H3. The second-order valence-corrected chi connectivity index (χ2v) is 5.94. The molecule has 112 valence electrons. The van der Waals surface area contributed by atoms with Gasteiger partial charge in [0.25, 0.3) is 0 Å². The number of hydrogen-bond donors (Lipinski definition) is 1. The molecule has 1 N–H and O–H groups in total.